The van der Waals surface area contributed by atoms with E-state index in [4.69, 9.17) is 0 Å². The maximum absolute atomic E-state index is 2.35. The predicted octanol–water partition coefficient (Wildman–Crippen LogP) is 7.78. The van der Waals surface area contributed by atoms with Crippen LogP contribution in [0.5, 0.6) is 0 Å². The summed E-state index contributed by atoms with van der Waals surface area (Å²) in [6, 6.07) is 40.1. The molecule has 0 nitrogen and oxygen atoms in total. The fraction of sp³-hybridized carbons (Fsp3) is 0.111. The van der Waals surface area contributed by atoms with Crippen LogP contribution in [0.25, 0.3) is 0 Å². The third kappa shape index (κ3) is 2.72. The summed E-state index contributed by atoms with van der Waals surface area (Å²) >= 11 is 6.12. The standard InChI is InChI=1S/C27H20S3/c1-3-11-20(12-4-1)27(21-13-5-2-6-14-21)28-19-26(30-27)22-15-7-9-17-24(22)29-25-18-10-8-16-23(25)26/h1-18H,19H2. The molecule has 0 N–H and O–H groups in total. The molecule has 0 aromatic heterocycles. The van der Waals surface area contributed by atoms with Crippen LogP contribution in [0.2, 0.25) is 0 Å². The SMILES string of the molecule is c1ccc(C2(c3ccccc3)SCC3(S2)c2ccccc2Sc2ccccc23)cc1. The Morgan fingerprint density at radius 2 is 1.00 bits per heavy atom. The van der Waals surface area contributed by atoms with E-state index >= 15 is 0 Å². The van der Waals surface area contributed by atoms with Crippen molar-refractivity contribution >= 4 is 35.3 Å². The van der Waals surface area contributed by atoms with Gasteiger partial charge in [-0.05, 0) is 34.4 Å². The van der Waals surface area contributed by atoms with Crippen LogP contribution in [0.1, 0.15) is 22.3 Å². The van der Waals surface area contributed by atoms with Gasteiger partial charge in [-0.15, -0.1) is 23.5 Å². The summed E-state index contributed by atoms with van der Waals surface area (Å²) in [7, 11) is 0. The molecule has 2 aliphatic rings. The monoisotopic (exact) mass is 440 g/mol. The lowest BCUT2D eigenvalue weighted by molar-refractivity contribution is 0.802. The van der Waals surface area contributed by atoms with Gasteiger partial charge in [-0.25, -0.2) is 0 Å². The van der Waals surface area contributed by atoms with Crippen molar-refractivity contribution in [2.24, 2.45) is 0 Å². The number of rotatable bonds is 2. The van der Waals surface area contributed by atoms with Crippen molar-refractivity contribution in [1.29, 1.82) is 0 Å². The Bertz CT molecular complexity index is 1120. The zero-order valence-corrected chi connectivity index (χ0v) is 18.8. The Balaban J connectivity index is 1.60. The number of hydrogen-bond donors (Lipinski definition) is 0. The quantitative estimate of drug-likeness (QED) is 0.312. The molecule has 4 aromatic rings. The molecule has 0 amide bonds. The number of thioether (sulfide) groups is 2. The van der Waals surface area contributed by atoms with Crippen LogP contribution < -0.4 is 0 Å². The van der Waals surface area contributed by atoms with E-state index in [2.05, 4.69) is 133 Å². The van der Waals surface area contributed by atoms with Gasteiger partial charge in [-0.2, -0.15) is 0 Å². The van der Waals surface area contributed by atoms with Gasteiger partial charge in [-0.3, -0.25) is 0 Å². The molecule has 30 heavy (non-hydrogen) atoms. The van der Waals surface area contributed by atoms with Crippen LogP contribution >= 0.6 is 35.3 Å². The fourth-order valence-electron chi connectivity index (χ4n) is 4.58. The van der Waals surface area contributed by atoms with Gasteiger partial charge in [0, 0.05) is 15.5 Å². The van der Waals surface area contributed by atoms with Gasteiger partial charge >= 0.3 is 0 Å². The van der Waals surface area contributed by atoms with Gasteiger partial charge in [0.1, 0.15) is 4.08 Å². The lowest BCUT2D eigenvalue weighted by Gasteiger charge is -2.38. The van der Waals surface area contributed by atoms with Gasteiger partial charge in [0.2, 0.25) is 0 Å². The van der Waals surface area contributed by atoms with E-state index < -0.39 is 0 Å². The third-order valence-electron chi connectivity index (χ3n) is 5.97. The van der Waals surface area contributed by atoms with E-state index in [1.54, 1.807) is 0 Å². The summed E-state index contributed by atoms with van der Waals surface area (Å²) in [6.07, 6.45) is 0. The van der Waals surface area contributed by atoms with Crippen molar-refractivity contribution in [3.63, 3.8) is 0 Å². The van der Waals surface area contributed by atoms with Crippen LogP contribution in [-0.4, -0.2) is 5.75 Å². The third-order valence-corrected chi connectivity index (χ3v) is 11.1. The van der Waals surface area contributed by atoms with Crippen molar-refractivity contribution in [2.75, 3.05) is 5.75 Å². The zero-order chi connectivity index (χ0) is 20.0. The number of hydrogen-bond acceptors (Lipinski definition) is 3. The van der Waals surface area contributed by atoms with E-state index in [0.717, 1.165) is 5.75 Å². The molecule has 4 aromatic carbocycles. The minimum atomic E-state index is -0.134. The minimum absolute atomic E-state index is 0.0607. The summed E-state index contributed by atoms with van der Waals surface area (Å²) in [5.74, 6) is 1.05. The predicted molar refractivity (Wildman–Crippen MR) is 131 cm³/mol. The van der Waals surface area contributed by atoms with Crippen LogP contribution in [0, 0.1) is 0 Å². The summed E-state index contributed by atoms with van der Waals surface area (Å²) in [5.41, 5.74) is 5.66. The largest absolute Gasteiger partial charge is 0.132 e. The van der Waals surface area contributed by atoms with E-state index in [9.17, 15) is 0 Å². The highest BCUT2D eigenvalue weighted by Crippen LogP contribution is 2.70. The average Bonchev–Trinajstić information content (AvgIpc) is 3.23. The molecular weight excluding hydrogens is 420 g/mol. The first-order chi connectivity index (χ1) is 14.8. The van der Waals surface area contributed by atoms with Crippen molar-refractivity contribution in [3.8, 4) is 0 Å². The van der Waals surface area contributed by atoms with Crippen molar-refractivity contribution in [1.82, 2.24) is 0 Å². The second-order valence-electron chi connectivity index (χ2n) is 7.66. The zero-order valence-electron chi connectivity index (χ0n) is 16.3. The molecule has 1 spiro atoms. The van der Waals surface area contributed by atoms with E-state index in [-0.39, 0.29) is 8.83 Å². The molecule has 1 fully saturated rings. The summed E-state index contributed by atoms with van der Waals surface area (Å²) in [5, 5.41) is 0. The molecule has 0 aliphatic carbocycles. The van der Waals surface area contributed by atoms with Crippen molar-refractivity contribution < 1.29 is 0 Å². The van der Waals surface area contributed by atoms with E-state index in [0.29, 0.717) is 0 Å². The Morgan fingerprint density at radius 3 is 1.53 bits per heavy atom. The Kier molecular flexibility index (Phi) is 4.52. The van der Waals surface area contributed by atoms with E-state index in [1.165, 1.54) is 32.0 Å². The van der Waals surface area contributed by atoms with Gasteiger partial charge in [-0.1, -0.05) is 109 Å². The molecule has 0 unspecified atom stereocenters. The van der Waals surface area contributed by atoms with E-state index in [1.807, 2.05) is 11.8 Å². The molecule has 2 heterocycles. The minimum Gasteiger partial charge on any atom is -0.132 e. The number of benzene rings is 4. The maximum atomic E-state index is 2.35. The summed E-state index contributed by atoms with van der Waals surface area (Å²) in [4.78, 5) is 2.78. The van der Waals surface area contributed by atoms with Crippen molar-refractivity contribution in [3.05, 3.63) is 131 Å². The van der Waals surface area contributed by atoms with Gasteiger partial charge in [0.25, 0.3) is 0 Å². The summed E-state index contributed by atoms with van der Waals surface area (Å²) < 4.78 is -0.195. The highest BCUT2D eigenvalue weighted by molar-refractivity contribution is 8.21. The second-order valence-corrected chi connectivity index (χ2v) is 11.7. The Hall–Kier alpha value is -2.07. The molecule has 1 saturated heterocycles. The molecule has 6 rings (SSSR count). The van der Waals surface area contributed by atoms with Crippen LogP contribution in [0.15, 0.2) is 119 Å². The maximum Gasteiger partial charge on any atom is 0.112 e. The smallest absolute Gasteiger partial charge is 0.112 e. The first-order valence-electron chi connectivity index (χ1n) is 10.1. The lowest BCUT2D eigenvalue weighted by atomic mass is 9.91. The fourth-order valence-corrected chi connectivity index (χ4v) is 10.1. The van der Waals surface area contributed by atoms with Crippen LogP contribution in [0.3, 0.4) is 0 Å². The van der Waals surface area contributed by atoms with Crippen LogP contribution in [-0.2, 0) is 8.83 Å². The second kappa shape index (κ2) is 7.26. The molecule has 0 saturated carbocycles. The molecule has 146 valence electrons. The highest BCUT2D eigenvalue weighted by Gasteiger charge is 2.55. The first-order valence-corrected chi connectivity index (χ1v) is 12.8. The van der Waals surface area contributed by atoms with Crippen LogP contribution in [0.4, 0.5) is 0 Å². The van der Waals surface area contributed by atoms with Crippen molar-refractivity contribution in [2.45, 2.75) is 18.6 Å². The van der Waals surface area contributed by atoms with Gasteiger partial charge in [0.05, 0.1) is 4.75 Å². The lowest BCUT2D eigenvalue weighted by Crippen LogP contribution is -2.29. The Labute approximate surface area is 190 Å². The Morgan fingerprint density at radius 1 is 0.533 bits per heavy atom. The molecule has 3 heteroatoms. The van der Waals surface area contributed by atoms with Gasteiger partial charge < -0.3 is 0 Å². The first kappa shape index (κ1) is 18.7. The molecule has 0 radical (unpaired) electrons. The molecule has 2 aliphatic heterocycles. The highest BCUT2D eigenvalue weighted by atomic mass is 32.2. The number of fused-ring (bicyclic) bond motifs is 4. The normalized spacial score (nSPS) is 18.0. The molecule has 0 bridgehead atoms. The summed E-state index contributed by atoms with van der Waals surface area (Å²) in [6.45, 7) is 0. The average molecular weight is 441 g/mol. The molecular formula is C27H20S3. The molecule has 0 atom stereocenters. The van der Waals surface area contributed by atoms with Gasteiger partial charge in [0.15, 0.2) is 0 Å². The topological polar surface area (TPSA) is 0 Å².